The van der Waals surface area contributed by atoms with Gasteiger partial charge in [-0.2, -0.15) is 0 Å². The highest BCUT2D eigenvalue weighted by Crippen LogP contribution is 2.28. The van der Waals surface area contributed by atoms with Crippen LogP contribution in [0.4, 0.5) is 0 Å². The third kappa shape index (κ3) is 5.32. The van der Waals surface area contributed by atoms with E-state index in [0.29, 0.717) is 5.92 Å². The molecule has 4 aromatic rings. The maximum absolute atomic E-state index is 5.82. The fraction of sp³-hybridized carbons (Fsp3) is 0.357. The number of piperazine rings is 1. The van der Waals surface area contributed by atoms with Gasteiger partial charge in [-0.3, -0.25) is 0 Å². The Morgan fingerprint density at radius 1 is 0.909 bits per heavy atom. The summed E-state index contributed by atoms with van der Waals surface area (Å²) in [7, 11) is 0. The van der Waals surface area contributed by atoms with Crippen LogP contribution in [-0.4, -0.2) is 59.0 Å². The van der Waals surface area contributed by atoms with Crippen molar-refractivity contribution in [1.29, 1.82) is 0 Å². The predicted octanol–water partition coefficient (Wildman–Crippen LogP) is 5.24. The van der Waals surface area contributed by atoms with Crippen molar-refractivity contribution in [3.63, 3.8) is 0 Å². The molecule has 33 heavy (non-hydrogen) atoms. The first-order valence-electron chi connectivity index (χ1n) is 12.0. The average Bonchev–Trinajstić information content (AvgIpc) is 3.28. The number of furan rings is 1. The van der Waals surface area contributed by atoms with Gasteiger partial charge in [-0.15, -0.1) is 0 Å². The SMILES string of the molecule is C[C@H](CN1CCN(CCCc2coc3ccc(-c4cncnc4)cc23)CC1)c1ccccc1. The van der Waals surface area contributed by atoms with Gasteiger partial charge in [0.2, 0.25) is 0 Å². The summed E-state index contributed by atoms with van der Waals surface area (Å²) in [6, 6.07) is 17.2. The van der Waals surface area contributed by atoms with Crippen LogP contribution < -0.4 is 0 Å². The number of fused-ring (bicyclic) bond motifs is 1. The smallest absolute Gasteiger partial charge is 0.134 e. The van der Waals surface area contributed by atoms with Gasteiger partial charge < -0.3 is 14.2 Å². The Morgan fingerprint density at radius 3 is 2.45 bits per heavy atom. The normalized spacial score (nSPS) is 16.3. The first-order valence-corrected chi connectivity index (χ1v) is 12.0. The maximum atomic E-state index is 5.82. The molecule has 2 aromatic heterocycles. The second kappa shape index (κ2) is 10.3. The van der Waals surface area contributed by atoms with E-state index in [1.54, 1.807) is 6.33 Å². The predicted molar refractivity (Wildman–Crippen MR) is 133 cm³/mol. The van der Waals surface area contributed by atoms with Crippen molar-refractivity contribution in [1.82, 2.24) is 19.8 Å². The number of benzene rings is 2. The Morgan fingerprint density at radius 2 is 1.67 bits per heavy atom. The zero-order chi connectivity index (χ0) is 22.5. The van der Waals surface area contributed by atoms with Crippen LogP contribution in [-0.2, 0) is 6.42 Å². The molecule has 1 aliphatic rings. The number of hydrogen-bond acceptors (Lipinski definition) is 5. The van der Waals surface area contributed by atoms with Crippen LogP contribution in [0.25, 0.3) is 22.1 Å². The Hall–Kier alpha value is -3.02. The molecule has 1 fully saturated rings. The summed E-state index contributed by atoms with van der Waals surface area (Å²) in [4.78, 5) is 13.5. The number of aromatic nitrogens is 2. The Bertz CT molecular complexity index is 1150. The van der Waals surface area contributed by atoms with Gasteiger partial charge in [0.15, 0.2) is 0 Å². The second-order valence-electron chi connectivity index (χ2n) is 9.16. The van der Waals surface area contributed by atoms with Gasteiger partial charge in [0, 0.05) is 56.1 Å². The van der Waals surface area contributed by atoms with Crippen molar-refractivity contribution < 1.29 is 4.42 Å². The van der Waals surface area contributed by atoms with Gasteiger partial charge in [-0.1, -0.05) is 43.3 Å². The number of rotatable bonds is 8. The molecule has 0 saturated carbocycles. The summed E-state index contributed by atoms with van der Waals surface area (Å²) in [5.74, 6) is 0.583. The minimum Gasteiger partial charge on any atom is -0.464 e. The minimum atomic E-state index is 0.583. The van der Waals surface area contributed by atoms with E-state index in [0.717, 1.165) is 68.8 Å². The zero-order valence-corrected chi connectivity index (χ0v) is 19.4. The van der Waals surface area contributed by atoms with Crippen molar-refractivity contribution in [3.8, 4) is 11.1 Å². The lowest BCUT2D eigenvalue weighted by molar-refractivity contribution is 0.127. The van der Waals surface area contributed by atoms with Gasteiger partial charge >= 0.3 is 0 Å². The lowest BCUT2D eigenvalue weighted by Gasteiger charge is -2.36. The summed E-state index contributed by atoms with van der Waals surface area (Å²) in [5, 5.41) is 1.20. The second-order valence-corrected chi connectivity index (χ2v) is 9.16. The van der Waals surface area contributed by atoms with Crippen molar-refractivity contribution in [2.24, 2.45) is 0 Å². The van der Waals surface area contributed by atoms with Gasteiger partial charge in [-0.05, 0) is 54.1 Å². The van der Waals surface area contributed by atoms with E-state index in [4.69, 9.17) is 4.42 Å². The van der Waals surface area contributed by atoms with E-state index in [-0.39, 0.29) is 0 Å². The van der Waals surface area contributed by atoms with E-state index in [1.807, 2.05) is 18.7 Å². The zero-order valence-electron chi connectivity index (χ0n) is 19.4. The molecule has 3 heterocycles. The van der Waals surface area contributed by atoms with Crippen LogP contribution in [0.3, 0.4) is 0 Å². The van der Waals surface area contributed by atoms with Gasteiger partial charge in [0.1, 0.15) is 11.9 Å². The summed E-state index contributed by atoms with van der Waals surface area (Å²) in [6.07, 6.45) is 9.39. The third-order valence-corrected chi connectivity index (χ3v) is 6.83. The summed E-state index contributed by atoms with van der Waals surface area (Å²) < 4.78 is 5.82. The molecule has 0 radical (unpaired) electrons. The molecule has 5 nitrogen and oxygen atoms in total. The van der Waals surface area contributed by atoms with Crippen LogP contribution >= 0.6 is 0 Å². The van der Waals surface area contributed by atoms with E-state index in [2.05, 4.69) is 75.2 Å². The first kappa shape index (κ1) is 21.8. The van der Waals surface area contributed by atoms with E-state index < -0.39 is 0 Å². The molecule has 170 valence electrons. The number of hydrogen-bond donors (Lipinski definition) is 0. The summed E-state index contributed by atoms with van der Waals surface area (Å²) >= 11 is 0. The highest BCUT2D eigenvalue weighted by molar-refractivity contribution is 5.86. The van der Waals surface area contributed by atoms with E-state index >= 15 is 0 Å². The van der Waals surface area contributed by atoms with Crippen LogP contribution in [0.2, 0.25) is 0 Å². The average molecular weight is 441 g/mol. The lowest BCUT2D eigenvalue weighted by atomic mass is 10.0. The van der Waals surface area contributed by atoms with Crippen molar-refractivity contribution in [3.05, 3.63) is 84.6 Å². The van der Waals surface area contributed by atoms with Gasteiger partial charge in [0.25, 0.3) is 0 Å². The Kier molecular flexibility index (Phi) is 6.79. The molecule has 0 spiro atoms. The van der Waals surface area contributed by atoms with Gasteiger partial charge in [-0.25, -0.2) is 9.97 Å². The molecule has 1 saturated heterocycles. The Balaban J connectivity index is 1.11. The number of aryl methyl sites for hydroxylation is 1. The fourth-order valence-corrected chi connectivity index (χ4v) is 4.87. The lowest BCUT2D eigenvalue weighted by Crippen LogP contribution is -2.47. The monoisotopic (exact) mass is 440 g/mol. The van der Waals surface area contributed by atoms with E-state index in [9.17, 15) is 0 Å². The fourth-order valence-electron chi connectivity index (χ4n) is 4.87. The first-order chi connectivity index (χ1) is 16.3. The van der Waals surface area contributed by atoms with Gasteiger partial charge in [0.05, 0.1) is 6.26 Å². The minimum absolute atomic E-state index is 0.583. The highest BCUT2D eigenvalue weighted by Gasteiger charge is 2.19. The largest absolute Gasteiger partial charge is 0.464 e. The molecule has 1 atom stereocenters. The molecular formula is C28H32N4O. The molecule has 0 aliphatic carbocycles. The highest BCUT2D eigenvalue weighted by atomic mass is 16.3. The molecule has 5 heteroatoms. The van der Waals surface area contributed by atoms with Crippen LogP contribution in [0.15, 0.2) is 77.9 Å². The molecule has 0 bridgehead atoms. The standard InChI is InChI=1S/C28H32N4O/c1-22(23-6-3-2-4-7-23)19-32-14-12-31(13-15-32)11-5-8-25-20-33-28-10-9-24(16-27(25)28)26-17-29-21-30-18-26/h2-4,6-7,9-10,16-18,20-22H,5,8,11-15,19H2,1H3/t22-/m1/s1. The summed E-state index contributed by atoms with van der Waals surface area (Å²) in [6.45, 7) is 9.27. The molecule has 1 aliphatic heterocycles. The van der Waals surface area contributed by atoms with Crippen molar-refractivity contribution in [2.45, 2.75) is 25.7 Å². The molecule has 0 amide bonds. The summed E-state index contributed by atoms with van der Waals surface area (Å²) in [5.41, 5.74) is 5.85. The topological polar surface area (TPSA) is 45.4 Å². The molecule has 5 rings (SSSR count). The van der Waals surface area contributed by atoms with Crippen molar-refractivity contribution >= 4 is 11.0 Å². The maximum Gasteiger partial charge on any atom is 0.134 e. The van der Waals surface area contributed by atoms with E-state index in [1.165, 1.54) is 16.5 Å². The van der Waals surface area contributed by atoms with Crippen LogP contribution in [0.5, 0.6) is 0 Å². The Labute approximate surface area is 196 Å². The quantitative estimate of drug-likeness (QED) is 0.375. The molecule has 0 unspecified atom stereocenters. The van der Waals surface area contributed by atoms with Crippen LogP contribution in [0, 0.1) is 0 Å². The van der Waals surface area contributed by atoms with Crippen molar-refractivity contribution in [2.75, 3.05) is 39.3 Å². The third-order valence-electron chi connectivity index (χ3n) is 6.83. The molecular weight excluding hydrogens is 408 g/mol. The number of nitrogens with zero attached hydrogens (tertiary/aromatic N) is 4. The molecule has 2 aromatic carbocycles. The van der Waals surface area contributed by atoms with Crippen LogP contribution in [0.1, 0.15) is 30.4 Å². The molecule has 0 N–H and O–H groups in total.